The van der Waals surface area contributed by atoms with Crippen LogP contribution in [0.25, 0.3) is 11.1 Å². The predicted molar refractivity (Wildman–Crippen MR) is 130 cm³/mol. The molecule has 3 rings (SSSR count). The third kappa shape index (κ3) is 6.43. The molecule has 0 saturated heterocycles. The molecule has 0 bridgehead atoms. The zero-order valence-electron chi connectivity index (χ0n) is 20.3. The minimum atomic E-state index is -1.22. The van der Waals surface area contributed by atoms with Gasteiger partial charge in [0.25, 0.3) is 0 Å². The Hall–Kier alpha value is -2.30. The number of allylic oxidation sites excluding steroid dienone is 2. The largest absolute Gasteiger partial charge is 0.490 e. The van der Waals surface area contributed by atoms with Gasteiger partial charge in [0.2, 0.25) is 5.82 Å². The molecule has 0 amide bonds. The first-order chi connectivity index (χ1) is 16.5. The topological polar surface area (TPSA) is 9.23 Å². The van der Waals surface area contributed by atoms with E-state index in [2.05, 4.69) is 26.0 Å². The van der Waals surface area contributed by atoms with Crippen LogP contribution in [0.5, 0.6) is 5.75 Å². The molecule has 0 aliphatic heterocycles. The Bertz CT molecular complexity index is 961. The average molecular weight is 477 g/mol. The lowest BCUT2D eigenvalue weighted by Gasteiger charge is -2.28. The van der Waals surface area contributed by atoms with Gasteiger partial charge in [-0.3, -0.25) is 0 Å². The van der Waals surface area contributed by atoms with E-state index in [1.54, 1.807) is 0 Å². The molecule has 0 radical (unpaired) electrons. The van der Waals surface area contributed by atoms with Crippen molar-refractivity contribution in [3.63, 3.8) is 0 Å². The number of ether oxygens (including phenoxy) is 1. The summed E-state index contributed by atoms with van der Waals surface area (Å²) < 4.78 is 64.7. The van der Waals surface area contributed by atoms with E-state index in [9.17, 15) is 8.78 Å². The molecule has 0 spiro atoms. The van der Waals surface area contributed by atoms with Crippen molar-refractivity contribution in [1.29, 1.82) is 0 Å². The number of benzene rings is 2. The smallest absolute Gasteiger partial charge is 0.201 e. The molecular weight excluding hydrogens is 440 g/mol. The lowest BCUT2D eigenvalue weighted by Crippen LogP contribution is -2.14. The van der Waals surface area contributed by atoms with Crippen LogP contribution in [0.2, 0.25) is 0 Å². The maximum Gasteiger partial charge on any atom is 0.201 e. The van der Waals surface area contributed by atoms with Crippen molar-refractivity contribution in [2.75, 3.05) is 6.61 Å². The average Bonchev–Trinajstić information content (AvgIpc) is 2.84. The van der Waals surface area contributed by atoms with E-state index in [0.29, 0.717) is 11.5 Å². The standard InChI is InChI=1S/C29H36F4O/c1-3-5-7-9-19-34-25-18-17-24(28(32)29(25)33)23-16-15-22(26(30)27(23)31)21-13-11-20(12-14-21)10-8-6-4-2/h6,8,15-18,20-21H,3-5,7,9-14,19H2,1-2H3/b8-6-. The highest BCUT2D eigenvalue weighted by Crippen LogP contribution is 2.40. The molecule has 0 unspecified atom stereocenters. The van der Waals surface area contributed by atoms with Crippen molar-refractivity contribution in [2.24, 2.45) is 5.92 Å². The fraction of sp³-hybridized carbons (Fsp3) is 0.517. The number of hydrogen-bond donors (Lipinski definition) is 0. The predicted octanol–water partition coefficient (Wildman–Crippen LogP) is 9.50. The second kappa shape index (κ2) is 13.0. The molecule has 2 aromatic rings. The highest BCUT2D eigenvalue weighted by molar-refractivity contribution is 5.66. The zero-order valence-corrected chi connectivity index (χ0v) is 20.3. The van der Waals surface area contributed by atoms with Gasteiger partial charge in [-0.05, 0) is 74.5 Å². The van der Waals surface area contributed by atoms with E-state index in [1.807, 2.05) is 0 Å². The Morgan fingerprint density at radius 3 is 2.12 bits per heavy atom. The summed E-state index contributed by atoms with van der Waals surface area (Å²) in [6.45, 7) is 4.47. The van der Waals surface area contributed by atoms with E-state index >= 15 is 8.78 Å². The molecule has 0 aromatic heterocycles. The summed E-state index contributed by atoms with van der Waals surface area (Å²) >= 11 is 0. The van der Waals surface area contributed by atoms with Crippen LogP contribution < -0.4 is 4.74 Å². The Kier molecular flexibility index (Phi) is 10.0. The highest BCUT2D eigenvalue weighted by Gasteiger charge is 2.27. The highest BCUT2D eigenvalue weighted by atomic mass is 19.2. The van der Waals surface area contributed by atoms with Crippen LogP contribution in [0.4, 0.5) is 17.6 Å². The number of hydrogen-bond acceptors (Lipinski definition) is 1. The molecular formula is C29H36F4O. The first-order valence-corrected chi connectivity index (χ1v) is 12.7. The van der Waals surface area contributed by atoms with Crippen molar-refractivity contribution in [3.05, 3.63) is 65.2 Å². The molecule has 1 fully saturated rings. The summed E-state index contributed by atoms with van der Waals surface area (Å²) in [6, 6.07) is 5.44. The Labute approximate surface area is 201 Å². The summed E-state index contributed by atoms with van der Waals surface area (Å²) in [6.07, 6.45) is 13.8. The molecule has 0 heterocycles. The molecule has 0 N–H and O–H groups in total. The Balaban J connectivity index is 1.71. The molecule has 1 nitrogen and oxygen atoms in total. The van der Waals surface area contributed by atoms with Crippen LogP contribution in [-0.4, -0.2) is 6.61 Å². The van der Waals surface area contributed by atoms with Crippen molar-refractivity contribution >= 4 is 0 Å². The molecule has 1 aliphatic carbocycles. The third-order valence-electron chi connectivity index (χ3n) is 6.86. The SMILES string of the molecule is CC/C=C\CC1CCC(c2ccc(-c3ccc(OCCCCCC)c(F)c3F)c(F)c2F)CC1. The van der Waals surface area contributed by atoms with Gasteiger partial charge >= 0.3 is 0 Å². The van der Waals surface area contributed by atoms with Crippen molar-refractivity contribution in [2.45, 2.75) is 84.0 Å². The minimum absolute atomic E-state index is 0.0555. The van der Waals surface area contributed by atoms with Gasteiger partial charge in [0.1, 0.15) is 0 Å². The fourth-order valence-corrected chi connectivity index (χ4v) is 4.81. The van der Waals surface area contributed by atoms with Gasteiger partial charge in [0, 0.05) is 11.1 Å². The van der Waals surface area contributed by atoms with Gasteiger partial charge in [0.15, 0.2) is 23.2 Å². The number of halogens is 4. The fourth-order valence-electron chi connectivity index (χ4n) is 4.81. The summed E-state index contributed by atoms with van der Waals surface area (Å²) in [4.78, 5) is 0. The Morgan fingerprint density at radius 2 is 1.44 bits per heavy atom. The number of unbranched alkanes of at least 4 members (excludes halogenated alkanes) is 3. The van der Waals surface area contributed by atoms with Gasteiger partial charge < -0.3 is 4.74 Å². The number of rotatable bonds is 11. The summed E-state index contributed by atoms with van der Waals surface area (Å²) in [5.41, 5.74) is -0.243. The van der Waals surface area contributed by atoms with Gasteiger partial charge in [-0.2, -0.15) is 4.39 Å². The van der Waals surface area contributed by atoms with Gasteiger partial charge in [0.05, 0.1) is 6.61 Å². The zero-order chi connectivity index (χ0) is 24.5. The summed E-state index contributed by atoms with van der Waals surface area (Å²) in [5.74, 6) is -4.17. The molecule has 0 atom stereocenters. The van der Waals surface area contributed by atoms with Crippen molar-refractivity contribution in [1.82, 2.24) is 0 Å². The first kappa shape index (κ1) is 26.3. The minimum Gasteiger partial charge on any atom is -0.490 e. The molecule has 2 aromatic carbocycles. The van der Waals surface area contributed by atoms with Crippen LogP contribution in [0, 0.1) is 29.2 Å². The van der Waals surface area contributed by atoms with E-state index in [1.165, 1.54) is 24.3 Å². The molecule has 1 saturated carbocycles. The second-order valence-corrected chi connectivity index (χ2v) is 9.31. The van der Waals surface area contributed by atoms with Crippen LogP contribution in [0.3, 0.4) is 0 Å². The van der Waals surface area contributed by atoms with E-state index in [-0.39, 0.29) is 29.4 Å². The molecule has 186 valence electrons. The van der Waals surface area contributed by atoms with Crippen LogP contribution in [-0.2, 0) is 0 Å². The second-order valence-electron chi connectivity index (χ2n) is 9.31. The summed E-state index contributed by atoms with van der Waals surface area (Å²) in [5, 5.41) is 0. The van der Waals surface area contributed by atoms with E-state index < -0.39 is 23.3 Å². The maximum atomic E-state index is 15.0. The van der Waals surface area contributed by atoms with Crippen LogP contribution in [0.15, 0.2) is 36.4 Å². The van der Waals surface area contributed by atoms with Crippen LogP contribution >= 0.6 is 0 Å². The molecule has 34 heavy (non-hydrogen) atoms. The maximum absolute atomic E-state index is 15.0. The van der Waals surface area contributed by atoms with Gasteiger partial charge in [-0.1, -0.05) is 57.4 Å². The molecule has 1 aliphatic rings. The third-order valence-corrected chi connectivity index (χ3v) is 6.86. The van der Waals surface area contributed by atoms with Gasteiger partial charge in [-0.25, -0.2) is 13.2 Å². The molecule has 5 heteroatoms. The lowest BCUT2D eigenvalue weighted by atomic mass is 9.77. The monoisotopic (exact) mass is 476 g/mol. The normalized spacial score (nSPS) is 18.5. The quantitative estimate of drug-likeness (QED) is 0.178. The Morgan fingerprint density at radius 1 is 0.765 bits per heavy atom. The van der Waals surface area contributed by atoms with Crippen molar-refractivity contribution in [3.8, 4) is 16.9 Å². The van der Waals surface area contributed by atoms with Crippen molar-refractivity contribution < 1.29 is 22.3 Å². The van der Waals surface area contributed by atoms with E-state index in [4.69, 9.17) is 4.74 Å². The lowest BCUT2D eigenvalue weighted by molar-refractivity contribution is 0.285. The first-order valence-electron chi connectivity index (χ1n) is 12.7. The summed E-state index contributed by atoms with van der Waals surface area (Å²) in [7, 11) is 0. The van der Waals surface area contributed by atoms with Crippen LogP contribution in [0.1, 0.15) is 89.5 Å². The van der Waals surface area contributed by atoms with E-state index in [0.717, 1.165) is 64.2 Å². The van der Waals surface area contributed by atoms with Gasteiger partial charge in [-0.15, -0.1) is 0 Å².